The molecule has 1 rings (SSSR count). The van der Waals surface area contributed by atoms with Gasteiger partial charge < -0.3 is 10.6 Å². The Balaban J connectivity index is 2.67. The fraction of sp³-hybridized carbons (Fsp3) is 0.545. The van der Waals surface area contributed by atoms with Crippen LogP contribution in [0.1, 0.15) is 30.1 Å². The standard InChI is InChI=1S/C11H18N4O/c1-2-3-7-15(8-5-12)11(16)10-4-6-13-14-9-10/h4,6,9H,2-3,5,7-8,12H2,1H3. The van der Waals surface area contributed by atoms with Crippen molar-refractivity contribution in [2.45, 2.75) is 19.8 Å². The number of hydrogen-bond donors (Lipinski definition) is 1. The van der Waals surface area contributed by atoms with E-state index in [4.69, 9.17) is 5.73 Å². The lowest BCUT2D eigenvalue weighted by atomic mass is 10.2. The number of unbranched alkanes of at least 4 members (excludes halogenated alkanes) is 1. The van der Waals surface area contributed by atoms with E-state index in [1.54, 1.807) is 11.0 Å². The zero-order chi connectivity index (χ0) is 11.8. The summed E-state index contributed by atoms with van der Waals surface area (Å²) in [6.45, 7) is 3.91. The lowest BCUT2D eigenvalue weighted by Gasteiger charge is -2.21. The Hall–Kier alpha value is -1.49. The third-order valence-electron chi connectivity index (χ3n) is 2.30. The van der Waals surface area contributed by atoms with Gasteiger partial charge in [0.05, 0.1) is 18.0 Å². The van der Waals surface area contributed by atoms with Crippen LogP contribution >= 0.6 is 0 Å². The van der Waals surface area contributed by atoms with Gasteiger partial charge >= 0.3 is 0 Å². The normalized spacial score (nSPS) is 10.1. The van der Waals surface area contributed by atoms with Crippen molar-refractivity contribution in [3.63, 3.8) is 0 Å². The summed E-state index contributed by atoms with van der Waals surface area (Å²) >= 11 is 0. The largest absolute Gasteiger partial charge is 0.337 e. The Labute approximate surface area is 95.7 Å². The summed E-state index contributed by atoms with van der Waals surface area (Å²) < 4.78 is 0. The van der Waals surface area contributed by atoms with Gasteiger partial charge in [-0.15, -0.1) is 0 Å². The second-order valence-electron chi connectivity index (χ2n) is 3.57. The highest BCUT2D eigenvalue weighted by molar-refractivity contribution is 5.93. The number of carbonyl (C=O) groups excluding carboxylic acids is 1. The van der Waals surface area contributed by atoms with E-state index < -0.39 is 0 Å². The van der Waals surface area contributed by atoms with Crippen molar-refractivity contribution in [1.82, 2.24) is 15.1 Å². The molecule has 0 fully saturated rings. The van der Waals surface area contributed by atoms with Crippen LogP contribution in [0.25, 0.3) is 0 Å². The van der Waals surface area contributed by atoms with Gasteiger partial charge in [0.15, 0.2) is 0 Å². The lowest BCUT2D eigenvalue weighted by Crippen LogP contribution is -2.36. The molecule has 0 bridgehead atoms. The van der Waals surface area contributed by atoms with Gasteiger partial charge in [-0.1, -0.05) is 13.3 Å². The van der Waals surface area contributed by atoms with E-state index in [0.29, 0.717) is 18.7 Å². The number of rotatable bonds is 6. The van der Waals surface area contributed by atoms with E-state index >= 15 is 0 Å². The van der Waals surface area contributed by atoms with Crippen LogP contribution in [0.2, 0.25) is 0 Å². The third kappa shape index (κ3) is 3.58. The molecule has 0 aliphatic carbocycles. The molecule has 1 heterocycles. The van der Waals surface area contributed by atoms with Crippen molar-refractivity contribution in [2.24, 2.45) is 5.73 Å². The van der Waals surface area contributed by atoms with E-state index in [1.807, 2.05) is 0 Å². The molecule has 0 spiro atoms. The Morgan fingerprint density at radius 2 is 2.25 bits per heavy atom. The SMILES string of the molecule is CCCCN(CCN)C(=O)c1ccnnc1. The fourth-order valence-electron chi connectivity index (χ4n) is 1.42. The van der Waals surface area contributed by atoms with Gasteiger partial charge in [0.1, 0.15) is 0 Å². The smallest absolute Gasteiger partial charge is 0.255 e. The van der Waals surface area contributed by atoms with Crippen LogP contribution in [-0.2, 0) is 0 Å². The fourth-order valence-corrected chi connectivity index (χ4v) is 1.42. The highest BCUT2D eigenvalue weighted by atomic mass is 16.2. The second-order valence-corrected chi connectivity index (χ2v) is 3.57. The zero-order valence-corrected chi connectivity index (χ0v) is 9.59. The summed E-state index contributed by atoms with van der Waals surface area (Å²) in [5.74, 6) is -0.0196. The molecule has 0 radical (unpaired) electrons. The molecule has 16 heavy (non-hydrogen) atoms. The first-order chi connectivity index (χ1) is 7.79. The molecular weight excluding hydrogens is 204 g/mol. The monoisotopic (exact) mass is 222 g/mol. The number of nitrogens with zero attached hydrogens (tertiary/aromatic N) is 3. The van der Waals surface area contributed by atoms with Crippen molar-refractivity contribution in [3.8, 4) is 0 Å². The average Bonchev–Trinajstić information content (AvgIpc) is 2.35. The molecule has 1 aromatic heterocycles. The summed E-state index contributed by atoms with van der Waals surface area (Å²) in [7, 11) is 0. The highest BCUT2D eigenvalue weighted by Gasteiger charge is 2.14. The first-order valence-corrected chi connectivity index (χ1v) is 5.55. The summed E-state index contributed by atoms with van der Waals surface area (Å²) in [6.07, 6.45) is 5.05. The van der Waals surface area contributed by atoms with Crippen LogP contribution in [0, 0.1) is 0 Å². The molecule has 0 unspecified atom stereocenters. The van der Waals surface area contributed by atoms with Crippen molar-refractivity contribution in [3.05, 3.63) is 24.0 Å². The van der Waals surface area contributed by atoms with Crippen LogP contribution in [0.3, 0.4) is 0 Å². The van der Waals surface area contributed by atoms with E-state index in [1.165, 1.54) is 12.4 Å². The van der Waals surface area contributed by atoms with E-state index in [-0.39, 0.29) is 5.91 Å². The quantitative estimate of drug-likeness (QED) is 0.768. The van der Waals surface area contributed by atoms with Crippen molar-refractivity contribution < 1.29 is 4.79 Å². The van der Waals surface area contributed by atoms with Gasteiger partial charge in [0, 0.05) is 19.6 Å². The number of nitrogens with two attached hydrogens (primary N) is 1. The molecular formula is C11H18N4O. The van der Waals surface area contributed by atoms with Gasteiger partial charge in [0.25, 0.3) is 5.91 Å². The minimum absolute atomic E-state index is 0.0196. The summed E-state index contributed by atoms with van der Waals surface area (Å²) in [5.41, 5.74) is 6.06. The molecule has 0 saturated carbocycles. The number of aromatic nitrogens is 2. The van der Waals surface area contributed by atoms with Crippen LogP contribution < -0.4 is 5.73 Å². The minimum atomic E-state index is -0.0196. The maximum atomic E-state index is 12.0. The Morgan fingerprint density at radius 3 is 2.81 bits per heavy atom. The summed E-state index contributed by atoms with van der Waals surface area (Å²) in [4.78, 5) is 13.8. The van der Waals surface area contributed by atoms with Crippen molar-refractivity contribution in [2.75, 3.05) is 19.6 Å². The maximum Gasteiger partial charge on any atom is 0.255 e. The van der Waals surface area contributed by atoms with Gasteiger partial charge in [-0.05, 0) is 12.5 Å². The first-order valence-electron chi connectivity index (χ1n) is 5.55. The number of amides is 1. The molecule has 5 nitrogen and oxygen atoms in total. The maximum absolute atomic E-state index is 12.0. The van der Waals surface area contributed by atoms with Crippen LogP contribution in [0.15, 0.2) is 18.5 Å². The van der Waals surface area contributed by atoms with Gasteiger partial charge in [-0.2, -0.15) is 10.2 Å². The Morgan fingerprint density at radius 1 is 1.44 bits per heavy atom. The molecule has 0 aromatic carbocycles. The molecule has 1 amide bonds. The lowest BCUT2D eigenvalue weighted by molar-refractivity contribution is 0.0757. The van der Waals surface area contributed by atoms with Crippen molar-refractivity contribution in [1.29, 1.82) is 0 Å². The third-order valence-corrected chi connectivity index (χ3v) is 2.30. The number of hydrogen-bond acceptors (Lipinski definition) is 4. The molecule has 88 valence electrons. The van der Waals surface area contributed by atoms with Gasteiger partial charge in [-0.25, -0.2) is 0 Å². The van der Waals surface area contributed by atoms with Gasteiger partial charge in [0.2, 0.25) is 0 Å². The Kier molecular flexibility index (Phi) is 5.42. The van der Waals surface area contributed by atoms with Gasteiger partial charge in [-0.3, -0.25) is 4.79 Å². The molecule has 1 aromatic rings. The molecule has 2 N–H and O–H groups in total. The topological polar surface area (TPSA) is 72.1 Å². The highest BCUT2D eigenvalue weighted by Crippen LogP contribution is 2.03. The first kappa shape index (κ1) is 12.6. The number of carbonyl (C=O) groups is 1. The minimum Gasteiger partial charge on any atom is -0.337 e. The predicted octanol–water partition coefficient (Wildman–Crippen LogP) is 0.678. The zero-order valence-electron chi connectivity index (χ0n) is 9.59. The van der Waals surface area contributed by atoms with Crippen LogP contribution in [0.4, 0.5) is 0 Å². The van der Waals surface area contributed by atoms with E-state index in [0.717, 1.165) is 19.4 Å². The summed E-state index contributed by atoms with van der Waals surface area (Å²) in [5, 5.41) is 7.35. The van der Waals surface area contributed by atoms with Crippen LogP contribution in [0.5, 0.6) is 0 Å². The molecule has 0 aliphatic rings. The molecule has 5 heteroatoms. The molecule has 0 saturated heterocycles. The Bertz CT molecular complexity index is 315. The predicted molar refractivity (Wildman–Crippen MR) is 61.9 cm³/mol. The van der Waals surface area contributed by atoms with Crippen molar-refractivity contribution >= 4 is 5.91 Å². The van der Waals surface area contributed by atoms with E-state index in [9.17, 15) is 4.79 Å². The second kappa shape index (κ2) is 6.90. The molecule has 0 atom stereocenters. The van der Waals surface area contributed by atoms with E-state index in [2.05, 4.69) is 17.1 Å². The van der Waals surface area contributed by atoms with Crippen LogP contribution in [-0.4, -0.2) is 40.6 Å². The summed E-state index contributed by atoms with van der Waals surface area (Å²) in [6, 6.07) is 1.67. The average molecular weight is 222 g/mol. The molecule has 0 aliphatic heterocycles.